The van der Waals surface area contributed by atoms with Crippen molar-refractivity contribution in [1.82, 2.24) is 14.7 Å². The topological polar surface area (TPSA) is 42.5 Å². The number of hydrogen-bond donors (Lipinski definition) is 1. The number of hydrogen-bond acceptors (Lipinski definition) is 3. The minimum absolute atomic E-state index is 0.557. The van der Waals surface area contributed by atoms with Crippen LogP contribution >= 0.6 is 11.6 Å². The van der Waals surface area contributed by atoms with Crippen molar-refractivity contribution in [3.8, 4) is 0 Å². The molecule has 3 rings (SSSR count). The maximum Gasteiger partial charge on any atom is 0.152 e. The van der Waals surface area contributed by atoms with Crippen LogP contribution in [0.4, 0.5) is 0 Å². The summed E-state index contributed by atoms with van der Waals surface area (Å²) in [5, 5.41) is 3.93. The maximum absolute atomic E-state index is 6.16. The summed E-state index contributed by atoms with van der Waals surface area (Å²) in [5.74, 6) is 0. The van der Waals surface area contributed by atoms with Crippen LogP contribution in [-0.4, -0.2) is 15.9 Å². The fourth-order valence-electron chi connectivity index (χ4n) is 2.05. The Hall–Kier alpha value is -1.78. The monoisotopic (exact) mass is 275 g/mol. The molecule has 0 saturated carbocycles. The summed E-state index contributed by atoms with van der Waals surface area (Å²) in [6, 6.07) is 7.85. The fourth-order valence-corrected chi connectivity index (χ4v) is 2.29. The first-order valence-corrected chi connectivity index (χ1v) is 6.55. The molecule has 0 spiro atoms. The Morgan fingerprint density at radius 3 is 3.11 bits per heavy atom. The zero-order chi connectivity index (χ0) is 13.1. The van der Waals surface area contributed by atoms with Gasteiger partial charge in [0.1, 0.15) is 5.65 Å². The number of imidazole rings is 1. The van der Waals surface area contributed by atoms with E-state index in [0.29, 0.717) is 11.7 Å². The minimum Gasteiger partial charge on any atom is -0.472 e. The van der Waals surface area contributed by atoms with Crippen molar-refractivity contribution in [3.05, 3.63) is 59.4 Å². The predicted molar refractivity (Wildman–Crippen MR) is 74.3 cm³/mol. The van der Waals surface area contributed by atoms with E-state index in [9.17, 15) is 0 Å². The lowest BCUT2D eigenvalue weighted by Crippen LogP contribution is -2.17. The summed E-state index contributed by atoms with van der Waals surface area (Å²) in [6.07, 6.45) is 6.37. The van der Waals surface area contributed by atoms with Gasteiger partial charge >= 0.3 is 0 Å². The van der Waals surface area contributed by atoms with Crippen molar-refractivity contribution in [1.29, 1.82) is 0 Å². The summed E-state index contributed by atoms with van der Waals surface area (Å²) in [4.78, 5) is 4.32. The van der Waals surface area contributed by atoms with Crippen LogP contribution < -0.4 is 5.32 Å². The Bertz CT molecular complexity index is 660. The fraction of sp³-hybridized carbons (Fsp3) is 0.214. The first-order valence-electron chi connectivity index (χ1n) is 6.18. The molecule has 98 valence electrons. The maximum atomic E-state index is 6.16. The quantitative estimate of drug-likeness (QED) is 0.728. The van der Waals surface area contributed by atoms with E-state index in [-0.39, 0.29) is 0 Å². The molecule has 0 aromatic carbocycles. The van der Waals surface area contributed by atoms with Crippen LogP contribution in [0.5, 0.6) is 0 Å². The first-order chi connectivity index (χ1) is 9.34. The van der Waals surface area contributed by atoms with Gasteiger partial charge in [-0.25, -0.2) is 4.98 Å². The van der Waals surface area contributed by atoms with E-state index in [2.05, 4.69) is 10.3 Å². The normalized spacial score (nSPS) is 11.2. The number of fused-ring (bicyclic) bond motifs is 1. The number of halogens is 1. The number of nitrogens with one attached hydrogen (secondary N) is 1. The van der Waals surface area contributed by atoms with E-state index < -0.39 is 0 Å². The van der Waals surface area contributed by atoms with Crippen LogP contribution in [0.2, 0.25) is 5.15 Å². The smallest absolute Gasteiger partial charge is 0.152 e. The van der Waals surface area contributed by atoms with E-state index in [4.69, 9.17) is 16.0 Å². The molecule has 3 aromatic rings. The molecule has 0 unspecified atom stereocenters. The molecule has 19 heavy (non-hydrogen) atoms. The number of nitrogens with zero attached hydrogens (tertiary/aromatic N) is 2. The largest absolute Gasteiger partial charge is 0.472 e. The van der Waals surface area contributed by atoms with Gasteiger partial charge in [0.25, 0.3) is 0 Å². The molecular formula is C14H14ClN3O. The van der Waals surface area contributed by atoms with E-state index in [0.717, 1.165) is 24.3 Å². The Morgan fingerprint density at radius 2 is 2.26 bits per heavy atom. The highest BCUT2D eigenvalue weighted by Crippen LogP contribution is 2.17. The van der Waals surface area contributed by atoms with Crippen LogP contribution in [0.1, 0.15) is 11.3 Å². The molecule has 5 heteroatoms. The number of furan rings is 1. The molecule has 4 nitrogen and oxygen atoms in total. The summed E-state index contributed by atoms with van der Waals surface area (Å²) in [6.45, 7) is 1.57. The van der Waals surface area contributed by atoms with Crippen molar-refractivity contribution in [2.24, 2.45) is 0 Å². The van der Waals surface area contributed by atoms with E-state index in [1.807, 2.05) is 34.9 Å². The van der Waals surface area contributed by atoms with Crippen LogP contribution in [0.15, 0.2) is 47.4 Å². The molecule has 3 aromatic heterocycles. The summed E-state index contributed by atoms with van der Waals surface area (Å²) in [5.41, 5.74) is 3.06. The third-order valence-electron chi connectivity index (χ3n) is 3.04. The third-order valence-corrected chi connectivity index (χ3v) is 3.35. The van der Waals surface area contributed by atoms with Gasteiger partial charge in [0.05, 0.1) is 18.2 Å². The number of pyridine rings is 1. The summed E-state index contributed by atoms with van der Waals surface area (Å²) in [7, 11) is 0. The molecule has 0 aliphatic carbocycles. The second kappa shape index (κ2) is 5.47. The lowest BCUT2D eigenvalue weighted by Gasteiger charge is -2.04. The average Bonchev–Trinajstić information content (AvgIpc) is 3.02. The lowest BCUT2D eigenvalue weighted by molar-refractivity contribution is 0.562. The highest BCUT2D eigenvalue weighted by molar-refractivity contribution is 6.30. The van der Waals surface area contributed by atoms with Gasteiger partial charge in [-0.05, 0) is 36.7 Å². The zero-order valence-corrected chi connectivity index (χ0v) is 11.1. The van der Waals surface area contributed by atoms with Gasteiger partial charge in [0, 0.05) is 12.7 Å². The van der Waals surface area contributed by atoms with Gasteiger partial charge in [0.15, 0.2) is 5.15 Å². The second-order valence-electron chi connectivity index (χ2n) is 4.34. The average molecular weight is 276 g/mol. The lowest BCUT2D eigenvalue weighted by atomic mass is 10.2. The van der Waals surface area contributed by atoms with Crippen LogP contribution in [0.3, 0.4) is 0 Å². The van der Waals surface area contributed by atoms with Crippen molar-refractivity contribution < 1.29 is 4.42 Å². The SMILES string of the molecule is Clc1nc2ccccn2c1CNCCc1ccoc1. The Morgan fingerprint density at radius 1 is 1.32 bits per heavy atom. The molecule has 0 atom stereocenters. The van der Waals surface area contributed by atoms with Crippen molar-refractivity contribution in [3.63, 3.8) is 0 Å². The van der Waals surface area contributed by atoms with Crippen molar-refractivity contribution in [2.75, 3.05) is 6.54 Å². The Balaban J connectivity index is 1.63. The molecular weight excluding hydrogens is 262 g/mol. The Kier molecular flexibility index (Phi) is 3.53. The van der Waals surface area contributed by atoms with Crippen molar-refractivity contribution in [2.45, 2.75) is 13.0 Å². The summed E-state index contributed by atoms with van der Waals surface area (Å²) >= 11 is 6.16. The molecule has 0 fully saturated rings. The van der Waals surface area contributed by atoms with Gasteiger partial charge in [-0.15, -0.1) is 0 Å². The molecule has 1 N–H and O–H groups in total. The van der Waals surface area contributed by atoms with E-state index in [1.165, 1.54) is 5.56 Å². The van der Waals surface area contributed by atoms with Crippen LogP contribution in [0, 0.1) is 0 Å². The zero-order valence-electron chi connectivity index (χ0n) is 10.3. The molecule has 0 amide bonds. The number of aromatic nitrogens is 2. The van der Waals surface area contributed by atoms with Gasteiger partial charge in [-0.2, -0.15) is 0 Å². The van der Waals surface area contributed by atoms with E-state index in [1.54, 1.807) is 12.5 Å². The van der Waals surface area contributed by atoms with Gasteiger partial charge in [-0.1, -0.05) is 17.7 Å². The number of rotatable bonds is 5. The summed E-state index contributed by atoms with van der Waals surface area (Å²) < 4.78 is 7.04. The highest BCUT2D eigenvalue weighted by atomic mass is 35.5. The van der Waals surface area contributed by atoms with Gasteiger partial charge in [-0.3, -0.25) is 0 Å². The Labute approximate surface area is 116 Å². The van der Waals surface area contributed by atoms with Gasteiger partial charge in [0.2, 0.25) is 0 Å². The molecule has 0 aliphatic rings. The first kappa shape index (κ1) is 12.3. The second-order valence-corrected chi connectivity index (χ2v) is 4.69. The highest BCUT2D eigenvalue weighted by Gasteiger charge is 2.08. The standard InChI is InChI=1S/C14H14ClN3O/c15-14-12(18-7-2-1-3-13(18)17-14)9-16-6-4-11-5-8-19-10-11/h1-3,5,7-8,10,16H,4,6,9H2. The van der Waals surface area contributed by atoms with Crippen LogP contribution in [-0.2, 0) is 13.0 Å². The molecule has 0 radical (unpaired) electrons. The molecule has 0 saturated heterocycles. The van der Waals surface area contributed by atoms with Crippen LogP contribution in [0.25, 0.3) is 5.65 Å². The van der Waals surface area contributed by atoms with E-state index >= 15 is 0 Å². The van der Waals surface area contributed by atoms with Gasteiger partial charge < -0.3 is 14.1 Å². The predicted octanol–water partition coefficient (Wildman–Crippen LogP) is 2.91. The molecule has 3 heterocycles. The van der Waals surface area contributed by atoms with Crippen molar-refractivity contribution >= 4 is 17.2 Å². The molecule has 0 aliphatic heterocycles. The minimum atomic E-state index is 0.557. The third kappa shape index (κ3) is 2.64. The molecule has 0 bridgehead atoms.